The molecule has 1 aromatic heterocycles. The molecule has 1 aromatic carbocycles. The lowest BCUT2D eigenvalue weighted by molar-refractivity contribution is 0.323. The van der Waals surface area contributed by atoms with Gasteiger partial charge in [0.05, 0.1) is 12.3 Å². The van der Waals surface area contributed by atoms with Crippen LogP contribution in [-0.4, -0.2) is 11.6 Å². The van der Waals surface area contributed by atoms with Gasteiger partial charge in [0.15, 0.2) is 0 Å². The highest BCUT2D eigenvalue weighted by Gasteiger charge is 2.05. The summed E-state index contributed by atoms with van der Waals surface area (Å²) in [7, 11) is 0. The van der Waals surface area contributed by atoms with Crippen molar-refractivity contribution in [2.75, 3.05) is 12.3 Å². The van der Waals surface area contributed by atoms with Gasteiger partial charge in [-0.1, -0.05) is 22.0 Å². The van der Waals surface area contributed by atoms with Crippen molar-refractivity contribution in [3.8, 4) is 17.5 Å². The fraction of sp³-hybridized carbons (Fsp3) is 0.154. The zero-order valence-corrected chi connectivity index (χ0v) is 11.5. The second-order valence-corrected chi connectivity index (χ2v) is 4.45. The van der Waals surface area contributed by atoms with E-state index < -0.39 is 0 Å². The van der Waals surface area contributed by atoms with Crippen LogP contribution in [-0.2, 0) is 0 Å². The van der Waals surface area contributed by atoms with Crippen molar-refractivity contribution in [1.82, 2.24) is 4.98 Å². The largest absolute Gasteiger partial charge is 0.476 e. The average Bonchev–Trinajstić information content (AvgIpc) is 2.34. The molecule has 0 aliphatic rings. The van der Waals surface area contributed by atoms with Gasteiger partial charge in [0.1, 0.15) is 5.75 Å². The van der Waals surface area contributed by atoms with Crippen molar-refractivity contribution in [2.24, 2.45) is 0 Å². The summed E-state index contributed by atoms with van der Waals surface area (Å²) in [5.41, 5.74) is 6.24. The van der Waals surface area contributed by atoms with Crippen molar-refractivity contribution in [3.05, 3.63) is 40.9 Å². The second-order valence-electron chi connectivity index (χ2n) is 3.54. The maximum Gasteiger partial charge on any atom is 0.240 e. The van der Waals surface area contributed by atoms with Gasteiger partial charge in [0.25, 0.3) is 0 Å². The van der Waals surface area contributed by atoms with E-state index in [0.29, 0.717) is 29.8 Å². The van der Waals surface area contributed by atoms with Crippen molar-refractivity contribution in [3.63, 3.8) is 0 Å². The van der Waals surface area contributed by atoms with E-state index in [1.165, 1.54) is 0 Å². The molecule has 0 unspecified atom stereocenters. The molecule has 5 heteroatoms. The zero-order chi connectivity index (χ0) is 13.0. The Morgan fingerprint density at radius 1 is 1.28 bits per heavy atom. The fourth-order valence-corrected chi connectivity index (χ4v) is 1.77. The number of anilines is 1. The Labute approximate surface area is 114 Å². The number of pyridine rings is 1. The molecular formula is C13H13BrN2O2. The number of ether oxygens (including phenoxy) is 2. The summed E-state index contributed by atoms with van der Waals surface area (Å²) in [6, 6.07) is 10.9. The number of aromatic nitrogens is 1. The summed E-state index contributed by atoms with van der Waals surface area (Å²) in [4.78, 5) is 4.20. The minimum absolute atomic E-state index is 0.394. The summed E-state index contributed by atoms with van der Waals surface area (Å²) >= 11 is 3.38. The highest BCUT2D eigenvalue weighted by molar-refractivity contribution is 9.10. The predicted octanol–water partition coefficient (Wildman–Crippen LogP) is 3.62. The van der Waals surface area contributed by atoms with Crippen LogP contribution in [0.25, 0.3) is 0 Å². The lowest BCUT2D eigenvalue weighted by Gasteiger charge is -2.09. The first-order valence-electron chi connectivity index (χ1n) is 5.52. The fourth-order valence-electron chi connectivity index (χ4n) is 1.39. The van der Waals surface area contributed by atoms with E-state index in [9.17, 15) is 0 Å². The van der Waals surface area contributed by atoms with Crippen molar-refractivity contribution < 1.29 is 9.47 Å². The van der Waals surface area contributed by atoms with Gasteiger partial charge in [-0.25, -0.2) is 0 Å². The molecule has 0 spiro atoms. The van der Waals surface area contributed by atoms with Crippen LogP contribution in [0.5, 0.6) is 17.5 Å². The van der Waals surface area contributed by atoms with E-state index >= 15 is 0 Å². The molecule has 94 valence electrons. The molecule has 0 saturated heterocycles. The Bertz CT molecular complexity index is 546. The van der Waals surface area contributed by atoms with E-state index in [-0.39, 0.29) is 0 Å². The van der Waals surface area contributed by atoms with Gasteiger partial charge in [0.2, 0.25) is 11.8 Å². The molecule has 0 radical (unpaired) electrons. The van der Waals surface area contributed by atoms with Crippen molar-refractivity contribution >= 4 is 21.6 Å². The Balaban J connectivity index is 2.21. The molecule has 0 aliphatic carbocycles. The van der Waals surface area contributed by atoms with Gasteiger partial charge in [-0.2, -0.15) is 4.98 Å². The van der Waals surface area contributed by atoms with Gasteiger partial charge in [-0.15, -0.1) is 0 Å². The van der Waals surface area contributed by atoms with Crippen LogP contribution >= 0.6 is 15.9 Å². The lowest BCUT2D eigenvalue weighted by atomic mass is 10.3. The van der Waals surface area contributed by atoms with E-state index in [2.05, 4.69) is 20.9 Å². The Hall–Kier alpha value is -1.75. The molecule has 0 amide bonds. The molecule has 0 bridgehead atoms. The van der Waals surface area contributed by atoms with Crippen LogP contribution in [0.2, 0.25) is 0 Å². The van der Waals surface area contributed by atoms with Crippen LogP contribution in [0.1, 0.15) is 6.92 Å². The topological polar surface area (TPSA) is 57.4 Å². The summed E-state index contributed by atoms with van der Waals surface area (Å²) in [5, 5.41) is 0. The highest BCUT2D eigenvalue weighted by Crippen LogP contribution is 2.27. The van der Waals surface area contributed by atoms with Crippen LogP contribution < -0.4 is 15.2 Å². The number of halogens is 1. The maximum absolute atomic E-state index is 5.74. The van der Waals surface area contributed by atoms with E-state index in [1.807, 2.05) is 31.2 Å². The number of benzene rings is 1. The van der Waals surface area contributed by atoms with Crippen LogP contribution in [0, 0.1) is 0 Å². The smallest absolute Gasteiger partial charge is 0.240 e. The third-order valence-electron chi connectivity index (χ3n) is 2.16. The van der Waals surface area contributed by atoms with E-state index in [4.69, 9.17) is 15.2 Å². The number of hydrogen-bond acceptors (Lipinski definition) is 4. The molecular weight excluding hydrogens is 296 g/mol. The van der Waals surface area contributed by atoms with Gasteiger partial charge >= 0.3 is 0 Å². The SMILES string of the molecule is CCOc1nc(Oc2cccc(Br)c2)ccc1N. The van der Waals surface area contributed by atoms with Crippen LogP contribution in [0.4, 0.5) is 5.69 Å². The summed E-state index contributed by atoms with van der Waals surface area (Å²) in [6.07, 6.45) is 0. The molecule has 1 heterocycles. The molecule has 0 atom stereocenters. The zero-order valence-electron chi connectivity index (χ0n) is 9.89. The third-order valence-corrected chi connectivity index (χ3v) is 2.66. The van der Waals surface area contributed by atoms with Gasteiger partial charge in [-0.3, -0.25) is 0 Å². The maximum atomic E-state index is 5.74. The van der Waals surface area contributed by atoms with E-state index in [1.54, 1.807) is 12.1 Å². The Morgan fingerprint density at radius 2 is 2.11 bits per heavy atom. The summed E-state index contributed by atoms with van der Waals surface area (Å²) in [5.74, 6) is 1.54. The molecule has 2 rings (SSSR count). The second kappa shape index (κ2) is 5.73. The van der Waals surface area contributed by atoms with Crippen molar-refractivity contribution in [2.45, 2.75) is 6.92 Å². The first-order valence-corrected chi connectivity index (χ1v) is 6.31. The van der Waals surface area contributed by atoms with Crippen molar-refractivity contribution in [1.29, 1.82) is 0 Å². The molecule has 0 aliphatic heterocycles. The number of nitrogen functional groups attached to an aromatic ring is 1. The molecule has 0 fully saturated rings. The number of nitrogens with zero attached hydrogens (tertiary/aromatic N) is 1. The molecule has 0 saturated carbocycles. The predicted molar refractivity (Wildman–Crippen MR) is 74.0 cm³/mol. The van der Waals surface area contributed by atoms with Crippen LogP contribution in [0.15, 0.2) is 40.9 Å². The highest BCUT2D eigenvalue weighted by atomic mass is 79.9. The molecule has 2 N–H and O–H groups in total. The first-order chi connectivity index (χ1) is 8.69. The minimum Gasteiger partial charge on any atom is -0.476 e. The Kier molecular flexibility index (Phi) is 4.04. The van der Waals surface area contributed by atoms with Crippen LogP contribution in [0.3, 0.4) is 0 Å². The van der Waals surface area contributed by atoms with E-state index in [0.717, 1.165) is 4.47 Å². The molecule has 4 nitrogen and oxygen atoms in total. The summed E-state index contributed by atoms with van der Waals surface area (Å²) < 4.78 is 11.9. The standard InChI is InChI=1S/C13H13BrN2O2/c1-2-17-13-11(15)6-7-12(16-13)18-10-5-3-4-9(14)8-10/h3-8H,2,15H2,1H3. The minimum atomic E-state index is 0.394. The quantitative estimate of drug-likeness (QED) is 0.937. The van der Waals surface area contributed by atoms with Gasteiger partial charge in [-0.05, 0) is 31.2 Å². The normalized spacial score (nSPS) is 10.1. The molecule has 18 heavy (non-hydrogen) atoms. The first kappa shape index (κ1) is 12.7. The molecule has 2 aromatic rings. The lowest BCUT2D eigenvalue weighted by Crippen LogP contribution is -2.00. The van der Waals surface area contributed by atoms with Gasteiger partial charge < -0.3 is 15.2 Å². The summed E-state index contributed by atoms with van der Waals surface area (Å²) in [6.45, 7) is 2.39. The monoisotopic (exact) mass is 308 g/mol. The number of hydrogen-bond donors (Lipinski definition) is 1. The average molecular weight is 309 g/mol. The number of rotatable bonds is 4. The Morgan fingerprint density at radius 3 is 2.83 bits per heavy atom. The van der Waals surface area contributed by atoms with Gasteiger partial charge in [0, 0.05) is 10.5 Å². The third kappa shape index (κ3) is 3.13. The number of nitrogens with two attached hydrogens (primary N) is 1.